The van der Waals surface area contributed by atoms with Crippen LogP contribution in [-0.2, 0) is 15.0 Å². The predicted octanol–water partition coefficient (Wildman–Crippen LogP) is 6.80. The molecule has 4 aromatic carbocycles. The van der Waals surface area contributed by atoms with Gasteiger partial charge in [-0.05, 0) is 71.6 Å². The molecule has 1 aliphatic heterocycles. The lowest BCUT2D eigenvalue weighted by molar-refractivity contribution is -0.122. The van der Waals surface area contributed by atoms with E-state index in [1.807, 2.05) is 61.7 Å². The smallest absolute Gasteiger partial charge is 0.239 e. The van der Waals surface area contributed by atoms with Crippen LogP contribution in [0.3, 0.4) is 0 Å². The number of amides is 2. The van der Waals surface area contributed by atoms with Gasteiger partial charge in [0.05, 0.1) is 35.2 Å². The summed E-state index contributed by atoms with van der Waals surface area (Å²) < 4.78 is 6.52. The van der Waals surface area contributed by atoms with Gasteiger partial charge in [0.25, 0.3) is 0 Å². The molecule has 0 saturated carbocycles. The Morgan fingerprint density at radius 1 is 0.923 bits per heavy atom. The third-order valence-corrected chi connectivity index (χ3v) is 8.81. The number of rotatable bonds is 5. The number of halogens is 1. The maximum Gasteiger partial charge on any atom is 0.239 e. The van der Waals surface area contributed by atoms with E-state index in [2.05, 4.69) is 52.3 Å². The zero-order valence-corrected chi connectivity index (χ0v) is 22.8. The van der Waals surface area contributed by atoms with Gasteiger partial charge in [-0.2, -0.15) is 0 Å². The molecule has 6 heteroatoms. The molecule has 0 aromatic heterocycles. The number of anilines is 1. The highest BCUT2D eigenvalue weighted by Gasteiger charge is 2.65. The molecule has 0 unspecified atom stereocenters. The standard InChI is InChI=1S/C33H25BrN2O3/c1-2-39-25-16-14-24(15-17-25)36-31(37)29-28-20-10-12-21(13-11-20)33(30(29)32(36)38,27-9-4-3-8-26(27)28)19-35-23-7-5-6-22(34)18-23/h3-19,28-30H,2H2,1H3/t28-,29-,30-,33-/m0/s1. The summed E-state index contributed by atoms with van der Waals surface area (Å²) in [5.74, 6) is -1.07. The lowest BCUT2D eigenvalue weighted by atomic mass is 9.52. The molecule has 10 rings (SSSR count). The van der Waals surface area contributed by atoms with Crippen LogP contribution in [0.2, 0.25) is 0 Å². The van der Waals surface area contributed by atoms with Gasteiger partial charge >= 0.3 is 0 Å². The topological polar surface area (TPSA) is 59.0 Å². The lowest BCUT2D eigenvalue weighted by Crippen LogP contribution is -2.51. The number of ether oxygens (including phenoxy) is 1. The summed E-state index contributed by atoms with van der Waals surface area (Å²) in [6, 6.07) is 31.6. The highest BCUT2D eigenvalue weighted by Crippen LogP contribution is 2.60. The van der Waals surface area contributed by atoms with Crippen molar-refractivity contribution in [2.45, 2.75) is 18.3 Å². The summed E-state index contributed by atoms with van der Waals surface area (Å²) in [5, 5.41) is 0. The molecule has 0 spiro atoms. The second-order valence-electron chi connectivity index (χ2n) is 10.2. The first-order chi connectivity index (χ1) is 19.0. The quantitative estimate of drug-likeness (QED) is 0.194. The van der Waals surface area contributed by atoms with Crippen molar-refractivity contribution < 1.29 is 14.3 Å². The van der Waals surface area contributed by atoms with Gasteiger partial charge in [-0.3, -0.25) is 14.6 Å². The van der Waals surface area contributed by atoms with E-state index >= 15 is 0 Å². The fraction of sp³-hybridized carbons (Fsp3) is 0.182. The lowest BCUT2D eigenvalue weighted by Gasteiger charge is -2.48. The van der Waals surface area contributed by atoms with Crippen LogP contribution in [0.15, 0.2) is 107 Å². The Kier molecular flexibility index (Phi) is 5.56. The van der Waals surface area contributed by atoms with Gasteiger partial charge < -0.3 is 4.74 Å². The van der Waals surface area contributed by atoms with Gasteiger partial charge in [0.2, 0.25) is 11.8 Å². The first kappa shape index (κ1) is 24.0. The number of nitrogens with zero attached hydrogens (tertiary/aromatic N) is 2. The van der Waals surface area contributed by atoms with E-state index in [1.54, 1.807) is 12.1 Å². The number of imide groups is 1. The fourth-order valence-electron chi connectivity index (χ4n) is 6.77. The molecular weight excluding hydrogens is 552 g/mol. The summed E-state index contributed by atoms with van der Waals surface area (Å²) in [5.41, 5.74) is 4.54. The van der Waals surface area contributed by atoms with Crippen LogP contribution in [0.5, 0.6) is 5.75 Å². The molecule has 5 aliphatic carbocycles. The van der Waals surface area contributed by atoms with Crippen molar-refractivity contribution in [3.8, 4) is 5.75 Å². The molecule has 192 valence electrons. The zero-order valence-electron chi connectivity index (χ0n) is 21.3. The van der Waals surface area contributed by atoms with Crippen molar-refractivity contribution in [3.05, 3.63) is 124 Å². The third-order valence-electron chi connectivity index (χ3n) is 8.32. The van der Waals surface area contributed by atoms with Crippen molar-refractivity contribution >= 4 is 45.3 Å². The number of hydrogen-bond acceptors (Lipinski definition) is 4. The van der Waals surface area contributed by atoms with E-state index in [-0.39, 0.29) is 17.7 Å². The van der Waals surface area contributed by atoms with Crippen LogP contribution in [0.1, 0.15) is 35.1 Å². The Labute approximate surface area is 235 Å². The highest BCUT2D eigenvalue weighted by atomic mass is 79.9. The minimum Gasteiger partial charge on any atom is -0.494 e. The van der Waals surface area contributed by atoms with Crippen molar-refractivity contribution in [3.63, 3.8) is 0 Å². The van der Waals surface area contributed by atoms with Crippen molar-refractivity contribution in [1.82, 2.24) is 0 Å². The molecule has 6 aliphatic rings. The van der Waals surface area contributed by atoms with E-state index in [1.165, 1.54) is 4.90 Å². The van der Waals surface area contributed by atoms with Gasteiger partial charge in [-0.1, -0.05) is 70.5 Å². The summed E-state index contributed by atoms with van der Waals surface area (Å²) in [7, 11) is 0. The largest absolute Gasteiger partial charge is 0.494 e. The molecule has 0 N–H and O–H groups in total. The Bertz CT molecular complexity index is 1650. The second-order valence-corrected chi connectivity index (χ2v) is 11.2. The first-order valence-electron chi connectivity index (χ1n) is 13.1. The van der Waals surface area contributed by atoms with Crippen molar-refractivity contribution in [2.24, 2.45) is 16.8 Å². The molecule has 5 nitrogen and oxygen atoms in total. The summed E-state index contributed by atoms with van der Waals surface area (Å²) in [4.78, 5) is 35.2. The number of carbonyl (C=O) groups excluding carboxylic acids is 2. The maximum atomic E-state index is 14.5. The average Bonchev–Trinajstić information content (AvgIpc) is 3.20. The SMILES string of the molecule is CCOc1ccc(N2C(=O)[C@H]3[C@H]4c5ccc(cc5)[C@@](C=Nc5cccc(Br)c5)(c5ccccc54)[C@@H]3C2=O)cc1. The monoisotopic (exact) mass is 576 g/mol. The van der Waals surface area contributed by atoms with Gasteiger partial charge in [0.15, 0.2) is 0 Å². The molecule has 39 heavy (non-hydrogen) atoms. The Morgan fingerprint density at radius 3 is 2.44 bits per heavy atom. The summed E-state index contributed by atoms with van der Waals surface area (Å²) in [6.07, 6.45) is 1.91. The average molecular weight is 577 g/mol. The van der Waals surface area contributed by atoms with E-state index in [9.17, 15) is 9.59 Å². The molecule has 2 amide bonds. The first-order valence-corrected chi connectivity index (χ1v) is 13.9. The third kappa shape index (κ3) is 3.47. The molecular formula is C33H25BrN2O3. The number of benzene rings is 4. The van der Waals surface area contributed by atoms with Crippen LogP contribution in [0, 0.1) is 11.8 Å². The van der Waals surface area contributed by atoms with E-state index in [0.29, 0.717) is 18.0 Å². The van der Waals surface area contributed by atoms with E-state index in [0.717, 1.165) is 32.4 Å². The number of aliphatic imine (C=N–C) groups is 1. The Hall–Kier alpha value is -4.03. The molecule has 4 atom stereocenters. The molecule has 1 fully saturated rings. The Morgan fingerprint density at radius 2 is 1.69 bits per heavy atom. The van der Waals surface area contributed by atoms with Gasteiger partial charge in [-0.15, -0.1) is 0 Å². The number of carbonyl (C=O) groups is 2. The van der Waals surface area contributed by atoms with E-state index in [4.69, 9.17) is 9.73 Å². The van der Waals surface area contributed by atoms with Gasteiger partial charge in [0, 0.05) is 16.6 Å². The zero-order chi connectivity index (χ0) is 26.7. The number of hydrogen-bond donors (Lipinski definition) is 0. The molecule has 1 heterocycles. The minimum absolute atomic E-state index is 0.170. The Balaban J connectivity index is 1.46. The van der Waals surface area contributed by atoms with Crippen molar-refractivity contribution in [1.29, 1.82) is 0 Å². The normalized spacial score (nSPS) is 24.6. The van der Waals surface area contributed by atoms with E-state index < -0.39 is 17.3 Å². The maximum absolute atomic E-state index is 14.5. The van der Waals surface area contributed by atoms with Crippen LogP contribution in [0.4, 0.5) is 11.4 Å². The summed E-state index contributed by atoms with van der Waals surface area (Å²) >= 11 is 3.54. The molecule has 4 bridgehead atoms. The van der Waals surface area contributed by atoms with Gasteiger partial charge in [-0.25, -0.2) is 4.90 Å². The van der Waals surface area contributed by atoms with Crippen LogP contribution in [0.25, 0.3) is 0 Å². The van der Waals surface area contributed by atoms with Crippen LogP contribution < -0.4 is 9.64 Å². The van der Waals surface area contributed by atoms with Crippen LogP contribution >= 0.6 is 15.9 Å². The predicted molar refractivity (Wildman–Crippen MR) is 155 cm³/mol. The van der Waals surface area contributed by atoms with Crippen molar-refractivity contribution in [2.75, 3.05) is 11.5 Å². The second kappa shape index (κ2) is 9.02. The molecule has 4 aromatic rings. The summed E-state index contributed by atoms with van der Waals surface area (Å²) in [6.45, 7) is 2.47. The van der Waals surface area contributed by atoms with Gasteiger partial charge in [0.1, 0.15) is 5.75 Å². The fourth-order valence-corrected chi connectivity index (χ4v) is 7.16. The molecule has 0 radical (unpaired) electrons. The van der Waals surface area contributed by atoms with Crippen LogP contribution in [-0.4, -0.2) is 24.6 Å². The molecule has 1 saturated heterocycles. The highest BCUT2D eigenvalue weighted by molar-refractivity contribution is 9.10. The minimum atomic E-state index is -0.911.